The molecule has 0 bridgehead atoms. The first kappa shape index (κ1) is 23.6. The Bertz CT molecular complexity index is 814. The molecule has 1 aromatic carbocycles. The van der Waals surface area contributed by atoms with Gasteiger partial charge in [-0.3, -0.25) is 0 Å². The van der Waals surface area contributed by atoms with E-state index in [1.54, 1.807) is 0 Å². The summed E-state index contributed by atoms with van der Waals surface area (Å²) >= 11 is 0. The molecule has 12 nitrogen and oxygen atoms in total. The summed E-state index contributed by atoms with van der Waals surface area (Å²) in [6, 6.07) is 15.7. The maximum absolute atomic E-state index is 8.25. The Morgan fingerprint density at radius 1 is 0.633 bits per heavy atom. The van der Waals surface area contributed by atoms with Crippen molar-refractivity contribution in [2.75, 3.05) is 0 Å². The van der Waals surface area contributed by atoms with Crippen LogP contribution < -0.4 is 19.4 Å². The number of nitrogens with zero attached hydrogens (tertiary/aromatic N) is 2. The molecule has 2 heterocycles. The van der Waals surface area contributed by atoms with Crippen molar-refractivity contribution < 1.29 is 29.6 Å². The number of aromatic amines is 2. The van der Waals surface area contributed by atoms with Gasteiger partial charge >= 0.3 is 0 Å². The van der Waals surface area contributed by atoms with Crippen LogP contribution in [0.2, 0.25) is 0 Å². The number of H-pyrrole nitrogens is 2. The van der Waals surface area contributed by atoms with E-state index in [9.17, 15) is 0 Å². The first-order chi connectivity index (χ1) is 14.4. The minimum absolute atomic E-state index is 0.509. The predicted molar refractivity (Wildman–Crippen MR) is 102 cm³/mol. The van der Waals surface area contributed by atoms with Crippen LogP contribution in [0.15, 0.2) is 73.3 Å². The molecule has 0 spiro atoms. The highest BCUT2D eigenvalue weighted by Crippen LogP contribution is 2.27. The molecule has 0 saturated heterocycles. The molecule has 2 N–H and O–H groups in total. The molecule has 0 radical (unpaired) electrons. The highest BCUT2D eigenvalue weighted by atomic mass is 16.9. The SMILES string of the molecule is O=[N+]([O-])[O-].O=[N+]([O-])[O-].c1ccc(OCc2cc[nH+]cc2)c(OCc2cc[nH+]cc2)c1. The Kier molecular flexibility index (Phi) is 10.7. The molecule has 3 aromatic rings. The zero-order chi connectivity index (χ0) is 22.2. The third-order valence-electron chi connectivity index (χ3n) is 3.21. The van der Waals surface area contributed by atoms with Crippen LogP contribution in [0, 0.1) is 30.6 Å². The van der Waals surface area contributed by atoms with Gasteiger partial charge in [0.25, 0.3) is 0 Å². The van der Waals surface area contributed by atoms with Crippen molar-refractivity contribution >= 4 is 0 Å². The van der Waals surface area contributed by atoms with Crippen LogP contribution in [-0.4, -0.2) is 10.2 Å². The minimum atomic E-state index is -1.75. The van der Waals surface area contributed by atoms with E-state index in [4.69, 9.17) is 40.1 Å². The molecule has 0 unspecified atom stereocenters. The minimum Gasteiger partial charge on any atom is -0.485 e. The predicted octanol–water partition coefficient (Wildman–Crippen LogP) is 1.99. The molecule has 158 valence electrons. The van der Waals surface area contributed by atoms with E-state index in [0.29, 0.717) is 13.2 Å². The highest BCUT2D eigenvalue weighted by Gasteiger charge is 2.05. The fourth-order valence-corrected chi connectivity index (χ4v) is 2.05. The second-order valence-electron chi connectivity index (χ2n) is 5.29. The van der Waals surface area contributed by atoms with Gasteiger partial charge in [0.2, 0.25) is 0 Å². The number of nitrogens with one attached hydrogen (secondary N) is 2. The Labute approximate surface area is 170 Å². The number of para-hydroxylation sites is 2. The molecule has 0 atom stereocenters. The van der Waals surface area contributed by atoms with Gasteiger partial charge in [-0.05, 0) is 12.1 Å². The van der Waals surface area contributed by atoms with Gasteiger partial charge in [0, 0.05) is 35.4 Å². The lowest BCUT2D eigenvalue weighted by Gasteiger charge is -2.12. The van der Waals surface area contributed by atoms with Crippen molar-refractivity contribution in [2.45, 2.75) is 13.2 Å². The number of ether oxygens (including phenoxy) is 2. The summed E-state index contributed by atoms with van der Waals surface area (Å²) in [5, 5.41) is 29.5. The molecular weight excluding hydrogens is 400 g/mol. The van der Waals surface area contributed by atoms with Crippen molar-refractivity contribution in [3.05, 3.63) is 115 Å². The molecule has 3 rings (SSSR count). The molecule has 12 heteroatoms. The monoisotopic (exact) mass is 418 g/mol. The Hall–Kier alpha value is -4.48. The third-order valence-corrected chi connectivity index (χ3v) is 3.21. The summed E-state index contributed by atoms with van der Waals surface area (Å²) < 4.78 is 11.7. The number of hydrogen-bond donors (Lipinski definition) is 0. The largest absolute Gasteiger partial charge is 0.485 e. The average molecular weight is 418 g/mol. The van der Waals surface area contributed by atoms with E-state index < -0.39 is 10.2 Å². The average Bonchev–Trinajstić information content (AvgIpc) is 2.72. The molecule has 0 aliphatic carbocycles. The van der Waals surface area contributed by atoms with E-state index in [-0.39, 0.29) is 0 Å². The summed E-state index contributed by atoms with van der Waals surface area (Å²) in [6.45, 7) is 1.02. The zero-order valence-electron chi connectivity index (χ0n) is 15.5. The van der Waals surface area contributed by atoms with Crippen LogP contribution in [0.3, 0.4) is 0 Å². The quantitative estimate of drug-likeness (QED) is 0.430. The third kappa shape index (κ3) is 11.3. The van der Waals surface area contributed by atoms with Gasteiger partial charge in [0.05, 0.1) is 10.2 Å². The van der Waals surface area contributed by atoms with Gasteiger partial charge < -0.3 is 40.1 Å². The molecule has 2 aromatic heterocycles. The summed E-state index contributed by atoms with van der Waals surface area (Å²) in [5.74, 6) is 1.50. The van der Waals surface area contributed by atoms with E-state index >= 15 is 0 Å². The van der Waals surface area contributed by atoms with Crippen LogP contribution in [0.25, 0.3) is 0 Å². The van der Waals surface area contributed by atoms with E-state index in [1.165, 1.54) is 0 Å². The molecule has 0 saturated carbocycles. The van der Waals surface area contributed by atoms with E-state index in [2.05, 4.69) is 9.97 Å². The fraction of sp³-hybridized carbons (Fsp3) is 0.111. The Morgan fingerprint density at radius 2 is 0.933 bits per heavy atom. The highest BCUT2D eigenvalue weighted by molar-refractivity contribution is 5.39. The van der Waals surface area contributed by atoms with Gasteiger partial charge in [-0.1, -0.05) is 12.1 Å². The van der Waals surface area contributed by atoms with Crippen LogP contribution in [0.4, 0.5) is 0 Å². The van der Waals surface area contributed by atoms with Crippen LogP contribution in [-0.2, 0) is 13.2 Å². The second kappa shape index (κ2) is 13.7. The van der Waals surface area contributed by atoms with Gasteiger partial charge in [-0.15, -0.1) is 0 Å². The number of rotatable bonds is 6. The normalized spacial score (nSPS) is 9.07. The first-order valence-corrected chi connectivity index (χ1v) is 8.26. The topological polar surface area (TPSA) is 179 Å². The summed E-state index contributed by atoms with van der Waals surface area (Å²) in [6.07, 6.45) is 7.53. The van der Waals surface area contributed by atoms with Crippen molar-refractivity contribution in [1.82, 2.24) is 0 Å². The molecule has 0 fully saturated rings. The Balaban J connectivity index is 0.000000485. The zero-order valence-corrected chi connectivity index (χ0v) is 15.5. The van der Waals surface area contributed by atoms with Crippen molar-refractivity contribution in [3.8, 4) is 11.5 Å². The van der Waals surface area contributed by atoms with Crippen molar-refractivity contribution in [3.63, 3.8) is 0 Å². The fourth-order valence-electron chi connectivity index (χ4n) is 2.05. The first-order valence-electron chi connectivity index (χ1n) is 8.26. The molecular formula is C18H18N4O8. The Morgan fingerprint density at radius 3 is 1.23 bits per heavy atom. The number of benzene rings is 1. The molecule has 0 aliphatic rings. The second-order valence-corrected chi connectivity index (χ2v) is 5.29. The number of hydrogen-bond acceptors (Lipinski definition) is 8. The summed E-state index contributed by atoms with van der Waals surface area (Å²) in [7, 11) is 0. The summed E-state index contributed by atoms with van der Waals surface area (Å²) in [5.41, 5.74) is 2.21. The standard InChI is InChI=1S/C18H16N2O2.2NO3/c1-2-4-18(22-14-16-7-11-20-12-8-16)17(3-1)21-13-15-5-9-19-10-6-15;2*2-1(3)4/h1-12H,13-14H2;;/q;2*-1/p+2. The van der Waals surface area contributed by atoms with Crippen molar-refractivity contribution in [2.24, 2.45) is 0 Å². The van der Waals surface area contributed by atoms with Crippen LogP contribution in [0.5, 0.6) is 11.5 Å². The van der Waals surface area contributed by atoms with E-state index in [0.717, 1.165) is 22.6 Å². The van der Waals surface area contributed by atoms with Gasteiger partial charge in [-0.2, -0.15) is 0 Å². The number of aromatic nitrogens is 2. The lowest BCUT2D eigenvalue weighted by atomic mass is 10.2. The van der Waals surface area contributed by atoms with Gasteiger partial charge in [0.1, 0.15) is 13.2 Å². The lowest BCUT2D eigenvalue weighted by Crippen LogP contribution is -2.04. The smallest absolute Gasteiger partial charge is 0.167 e. The van der Waals surface area contributed by atoms with Gasteiger partial charge in [-0.25, -0.2) is 9.97 Å². The molecule has 30 heavy (non-hydrogen) atoms. The molecule has 0 aliphatic heterocycles. The number of pyridine rings is 2. The lowest BCUT2D eigenvalue weighted by molar-refractivity contribution is -0.403. The maximum atomic E-state index is 8.25. The van der Waals surface area contributed by atoms with E-state index in [1.807, 2.05) is 73.3 Å². The molecule has 0 amide bonds. The van der Waals surface area contributed by atoms with Crippen LogP contribution in [0.1, 0.15) is 11.1 Å². The summed E-state index contributed by atoms with van der Waals surface area (Å²) in [4.78, 5) is 22.5. The van der Waals surface area contributed by atoms with Gasteiger partial charge in [0.15, 0.2) is 36.3 Å². The van der Waals surface area contributed by atoms with Crippen molar-refractivity contribution in [1.29, 1.82) is 0 Å². The van der Waals surface area contributed by atoms with Crippen LogP contribution >= 0.6 is 0 Å². The maximum Gasteiger partial charge on any atom is 0.167 e.